The highest BCUT2D eigenvalue weighted by atomic mass is 16.5. The van der Waals surface area contributed by atoms with Crippen molar-refractivity contribution in [2.75, 3.05) is 19.7 Å². The van der Waals surface area contributed by atoms with E-state index in [0.717, 1.165) is 5.56 Å². The molecule has 1 aliphatic heterocycles. The van der Waals surface area contributed by atoms with Gasteiger partial charge in [0.25, 0.3) is 0 Å². The highest BCUT2D eigenvalue weighted by Gasteiger charge is 2.27. The monoisotopic (exact) mass is 306 g/mol. The molecule has 3 N–H and O–H groups in total. The van der Waals surface area contributed by atoms with Crippen LogP contribution in [0.3, 0.4) is 0 Å². The van der Waals surface area contributed by atoms with Crippen molar-refractivity contribution >= 4 is 11.8 Å². The molecule has 0 aliphatic carbocycles. The van der Waals surface area contributed by atoms with E-state index in [0.29, 0.717) is 26.2 Å². The minimum Gasteiger partial charge on any atom is -0.375 e. The highest BCUT2D eigenvalue weighted by Crippen LogP contribution is 2.03. The lowest BCUT2D eigenvalue weighted by Gasteiger charge is -2.29. The maximum atomic E-state index is 12.0. The van der Waals surface area contributed by atoms with Gasteiger partial charge in [-0.2, -0.15) is 0 Å². The summed E-state index contributed by atoms with van der Waals surface area (Å²) in [5.41, 5.74) is 0.942. The lowest BCUT2D eigenvalue weighted by atomic mass is 10.1. The van der Waals surface area contributed by atoms with Crippen LogP contribution in [-0.2, 0) is 20.9 Å². The maximum absolute atomic E-state index is 12.0. The molecule has 1 aromatic rings. The zero-order valence-corrected chi connectivity index (χ0v) is 12.7. The van der Waals surface area contributed by atoms with Crippen molar-refractivity contribution in [1.29, 1.82) is 0 Å². The molecule has 2 heterocycles. The summed E-state index contributed by atoms with van der Waals surface area (Å²) in [6, 6.07) is 3.36. The number of hydrogen-bond donors (Lipinski definition) is 3. The van der Waals surface area contributed by atoms with E-state index in [2.05, 4.69) is 20.9 Å². The summed E-state index contributed by atoms with van der Waals surface area (Å²) in [6.07, 6.45) is 3.48. The molecule has 1 aromatic heterocycles. The third-order valence-corrected chi connectivity index (χ3v) is 3.46. The lowest BCUT2D eigenvalue weighted by Crippen LogP contribution is -2.55. The van der Waals surface area contributed by atoms with E-state index >= 15 is 0 Å². The largest absolute Gasteiger partial charge is 0.375 e. The number of hydrogen-bond acceptors (Lipinski definition) is 5. The van der Waals surface area contributed by atoms with Gasteiger partial charge in [-0.1, -0.05) is 6.07 Å². The van der Waals surface area contributed by atoms with Crippen molar-refractivity contribution in [2.24, 2.45) is 0 Å². The molecule has 7 heteroatoms. The molecule has 0 bridgehead atoms. The number of nitrogens with one attached hydrogen (secondary N) is 3. The standard InChI is InChI=1S/C15H22N4O3/c1-11-14(17-7-8-22-11)15(21)18-6-4-13(20)19-10-12-3-2-5-16-9-12/h2-3,5,9,11,14,17H,4,6-8,10H2,1H3,(H,18,21)(H,19,20)/t11-,14+/m1/s1. The Hall–Kier alpha value is -1.99. The van der Waals surface area contributed by atoms with Crippen LogP contribution in [0.5, 0.6) is 0 Å². The van der Waals surface area contributed by atoms with Crippen molar-refractivity contribution in [3.63, 3.8) is 0 Å². The third-order valence-electron chi connectivity index (χ3n) is 3.46. The molecule has 120 valence electrons. The summed E-state index contributed by atoms with van der Waals surface area (Å²) < 4.78 is 5.42. The fourth-order valence-corrected chi connectivity index (χ4v) is 2.23. The van der Waals surface area contributed by atoms with E-state index in [1.807, 2.05) is 19.1 Å². The van der Waals surface area contributed by atoms with Gasteiger partial charge < -0.3 is 20.7 Å². The average molecular weight is 306 g/mol. The Morgan fingerprint density at radius 3 is 3.05 bits per heavy atom. The predicted octanol–water partition coefficient (Wildman–Crippen LogP) is -0.419. The summed E-state index contributed by atoms with van der Waals surface area (Å²) in [5.74, 6) is -0.239. The topological polar surface area (TPSA) is 92.4 Å². The average Bonchev–Trinajstić information content (AvgIpc) is 2.54. The maximum Gasteiger partial charge on any atom is 0.239 e. The molecule has 1 saturated heterocycles. The quantitative estimate of drug-likeness (QED) is 0.664. The van der Waals surface area contributed by atoms with Crippen molar-refractivity contribution in [1.82, 2.24) is 20.9 Å². The molecular weight excluding hydrogens is 284 g/mol. The molecule has 2 rings (SSSR count). The van der Waals surface area contributed by atoms with Gasteiger partial charge in [0.15, 0.2) is 0 Å². The minimum absolute atomic E-state index is 0.106. The van der Waals surface area contributed by atoms with Crippen LogP contribution in [0, 0.1) is 0 Å². The number of pyridine rings is 1. The van der Waals surface area contributed by atoms with Crippen LogP contribution < -0.4 is 16.0 Å². The van der Waals surface area contributed by atoms with Crippen LogP contribution in [0.1, 0.15) is 18.9 Å². The fraction of sp³-hybridized carbons (Fsp3) is 0.533. The number of carbonyl (C=O) groups is 2. The number of morpholine rings is 1. The van der Waals surface area contributed by atoms with Gasteiger partial charge in [0.2, 0.25) is 11.8 Å². The second-order valence-electron chi connectivity index (χ2n) is 5.19. The van der Waals surface area contributed by atoms with Gasteiger partial charge in [0, 0.05) is 38.4 Å². The van der Waals surface area contributed by atoms with Gasteiger partial charge in [0.05, 0.1) is 12.7 Å². The van der Waals surface area contributed by atoms with E-state index in [4.69, 9.17) is 4.74 Å². The molecule has 2 amide bonds. The van der Waals surface area contributed by atoms with Crippen LogP contribution >= 0.6 is 0 Å². The van der Waals surface area contributed by atoms with Crippen molar-refractivity contribution in [2.45, 2.75) is 32.0 Å². The summed E-state index contributed by atoms with van der Waals surface area (Å²) in [6.45, 7) is 3.88. The molecule has 0 radical (unpaired) electrons. The number of rotatable bonds is 6. The molecule has 0 saturated carbocycles. The van der Waals surface area contributed by atoms with E-state index in [-0.39, 0.29) is 30.4 Å². The number of amides is 2. The molecule has 0 spiro atoms. The van der Waals surface area contributed by atoms with Crippen molar-refractivity contribution in [3.8, 4) is 0 Å². The molecule has 22 heavy (non-hydrogen) atoms. The smallest absolute Gasteiger partial charge is 0.239 e. The number of ether oxygens (including phenoxy) is 1. The summed E-state index contributed by atoms with van der Waals surface area (Å²) in [7, 11) is 0. The van der Waals surface area contributed by atoms with Gasteiger partial charge in [-0.3, -0.25) is 14.6 Å². The van der Waals surface area contributed by atoms with E-state index < -0.39 is 0 Å². The highest BCUT2D eigenvalue weighted by molar-refractivity contribution is 5.83. The number of carbonyl (C=O) groups excluding carboxylic acids is 2. The lowest BCUT2D eigenvalue weighted by molar-refractivity contribution is -0.129. The van der Waals surface area contributed by atoms with Crippen molar-refractivity contribution < 1.29 is 14.3 Å². The van der Waals surface area contributed by atoms with Gasteiger partial charge in [-0.15, -0.1) is 0 Å². The first-order chi connectivity index (χ1) is 10.7. The Bertz CT molecular complexity index is 495. The van der Waals surface area contributed by atoms with Crippen LogP contribution in [0.15, 0.2) is 24.5 Å². The summed E-state index contributed by atoms with van der Waals surface area (Å²) >= 11 is 0. The first-order valence-corrected chi connectivity index (χ1v) is 7.45. The van der Waals surface area contributed by atoms with E-state index in [1.54, 1.807) is 12.4 Å². The fourth-order valence-electron chi connectivity index (χ4n) is 2.23. The Kier molecular flexibility index (Phi) is 6.29. The van der Waals surface area contributed by atoms with Gasteiger partial charge in [-0.05, 0) is 18.6 Å². The zero-order valence-electron chi connectivity index (χ0n) is 12.7. The SMILES string of the molecule is C[C@H]1OCCN[C@@H]1C(=O)NCCC(=O)NCc1cccnc1. The Balaban J connectivity index is 1.63. The van der Waals surface area contributed by atoms with Crippen LogP contribution in [0.25, 0.3) is 0 Å². The molecule has 0 unspecified atom stereocenters. The zero-order chi connectivity index (χ0) is 15.8. The Morgan fingerprint density at radius 1 is 1.45 bits per heavy atom. The number of aromatic nitrogens is 1. The van der Waals surface area contributed by atoms with Gasteiger partial charge in [0.1, 0.15) is 6.04 Å². The normalized spacial score (nSPS) is 21.1. The van der Waals surface area contributed by atoms with Gasteiger partial charge >= 0.3 is 0 Å². The molecule has 2 atom stereocenters. The summed E-state index contributed by atoms with van der Waals surface area (Å²) in [5, 5.41) is 8.66. The number of nitrogens with zero attached hydrogens (tertiary/aromatic N) is 1. The first kappa shape index (κ1) is 16.4. The second kappa shape index (κ2) is 8.45. The van der Waals surface area contributed by atoms with Crippen LogP contribution in [0.4, 0.5) is 0 Å². The van der Waals surface area contributed by atoms with E-state index in [1.165, 1.54) is 0 Å². The molecule has 7 nitrogen and oxygen atoms in total. The first-order valence-electron chi connectivity index (χ1n) is 7.45. The third kappa shape index (κ3) is 5.09. The van der Waals surface area contributed by atoms with Crippen LogP contribution in [-0.4, -0.2) is 48.6 Å². The predicted molar refractivity (Wildman–Crippen MR) is 80.9 cm³/mol. The Morgan fingerprint density at radius 2 is 2.32 bits per heavy atom. The molecule has 1 aliphatic rings. The molecular formula is C15H22N4O3. The molecule has 1 fully saturated rings. The summed E-state index contributed by atoms with van der Waals surface area (Å²) in [4.78, 5) is 27.7. The second-order valence-corrected chi connectivity index (χ2v) is 5.19. The van der Waals surface area contributed by atoms with Crippen molar-refractivity contribution in [3.05, 3.63) is 30.1 Å². The van der Waals surface area contributed by atoms with E-state index in [9.17, 15) is 9.59 Å². The van der Waals surface area contributed by atoms with Gasteiger partial charge in [-0.25, -0.2) is 0 Å². The minimum atomic E-state index is -0.354. The Labute approximate surface area is 129 Å². The molecule has 0 aromatic carbocycles. The van der Waals surface area contributed by atoms with Crippen LogP contribution in [0.2, 0.25) is 0 Å².